The molecule has 25 heavy (non-hydrogen) atoms. The third kappa shape index (κ3) is 5.45. The van der Waals surface area contributed by atoms with Crippen LogP contribution in [0.4, 0.5) is 5.95 Å². The molecule has 0 aliphatic carbocycles. The van der Waals surface area contributed by atoms with E-state index in [0.717, 1.165) is 32.1 Å². The molecule has 9 heteroatoms. The number of nitrogens with one attached hydrogen (secondary N) is 1. The molecule has 0 saturated carbocycles. The minimum absolute atomic E-state index is 0.0850. The molecule has 0 radical (unpaired) electrons. The Balaban J connectivity index is 1.41. The van der Waals surface area contributed by atoms with Gasteiger partial charge in [0.2, 0.25) is 16.0 Å². The second-order valence-corrected chi connectivity index (χ2v) is 7.76. The van der Waals surface area contributed by atoms with E-state index in [1.54, 1.807) is 36.8 Å². The smallest absolute Gasteiger partial charge is 0.225 e. The molecule has 0 atom stereocenters. The fourth-order valence-electron chi connectivity index (χ4n) is 2.63. The van der Waals surface area contributed by atoms with Gasteiger partial charge in [0, 0.05) is 51.3 Å². The molecule has 0 unspecified atom stereocenters. The summed E-state index contributed by atoms with van der Waals surface area (Å²) in [4.78, 5) is 16.9. The van der Waals surface area contributed by atoms with E-state index in [-0.39, 0.29) is 12.3 Å². The normalized spacial score (nSPS) is 16.1. The van der Waals surface area contributed by atoms with Gasteiger partial charge in [-0.1, -0.05) is 6.07 Å². The Morgan fingerprint density at radius 1 is 0.960 bits per heavy atom. The minimum Gasteiger partial charge on any atom is -0.338 e. The Morgan fingerprint density at radius 2 is 1.68 bits per heavy atom. The molecule has 3 heterocycles. The summed E-state index contributed by atoms with van der Waals surface area (Å²) in [7, 11) is -3.31. The maximum atomic E-state index is 12.1. The molecule has 0 aromatic carbocycles. The van der Waals surface area contributed by atoms with Gasteiger partial charge in [0.15, 0.2) is 0 Å². The summed E-state index contributed by atoms with van der Waals surface area (Å²) in [5.41, 5.74) is 0.711. The third-order valence-corrected chi connectivity index (χ3v) is 5.39. The number of anilines is 1. The summed E-state index contributed by atoms with van der Waals surface area (Å²) in [5.74, 6) is 0.814. The summed E-state index contributed by atoms with van der Waals surface area (Å²) < 4.78 is 26.9. The molecule has 134 valence electrons. The number of pyridine rings is 1. The zero-order valence-corrected chi connectivity index (χ0v) is 14.8. The van der Waals surface area contributed by atoms with Gasteiger partial charge in [-0.15, -0.1) is 0 Å². The number of piperazine rings is 1. The maximum absolute atomic E-state index is 12.1. The van der Waals surface area contributed by atoms with E-state index in [1.165, 1.54) is 0 Å². The van der Waals surface area contributed by atoms with Crippen LogP contribution in [0.15, 0.2) is 42.9 Å². The van der Waals surface area contributed by atoms with Crippen LogP contribution in [-0.4, -0.2) is 66.7 Å². The second-order valence-electron chi connectivity index (χ2n) is 5.84. The second kappa shape index (κ2) is 8.32. The van der Waals surface area contributed by atoms with Crippen LogP contribution < -0.4 is 9.62 Å². The SMILES string of the molecule is O=S(=O)(CCN1CCN(c2ncccn2)CC1)NCc1ccccn1. The Hall–Kier alpha value is -2.10. The molecule has 2 aromatic rings. The van der Waals surface area contributed by atoms with Crippen molar-refractivity contribution in [3.63, 3.8) is 0 Å². The Bertz CT molecular complexity index is 749. The van der Waals surface area contributed by atoms with E-state index in [1.807, 2.05) is 6.07 Å². The molecule has 8 nitrogen and oxygen atoms in total. The molecule has 3 rings (SSSR count). The fraction of sp³-hybridized carbons (Fsp3) is 0.438. The van der Waals surface area contributed by atoms with Gasteiger partial charge in [0.1, 0.15) is 0 Å². The summed E-state index contributed by atoms with van der Waals surface area (Å²) in [6.07, 6.45) is 5.11. The molecule has 2 aromatic heterocycles. The molecule has 1 fully saturated rings. The lowest BCUT2D eigenvalue weighted by Crippen LogP contribution is -2.48. The van der Waals surface area contributed by atoms with Crippen LogP contribution in [0.3, 0.4) is 0 Å². The average Bonchev–Trinajstić information content (AvgIpc) is 2.67. The molecule has 0 spiro atoms. The van der Waals surface area contributed by atoms with Gasteiger partial charge in [-0.05, 0) is 18.2 Å². The van der Waals surface area contributed by atoms with Gasteiger partial charge in [0.05, 0.1) is 18.0 Å². The van der Waals surface area contributed by atoms with Gasteiger partial charge in [-0.3, -0.25) is 9.88 Å². The molecule has 1 aliphatic rings. The third-order valence-electron chi connectivity index (χ3n) is 4.08. The summed E-state index contributed by atoms with van der Waals surface area (Å²) in [6.45, 7) is 3.93. The number of aromatic nitrogens is 3. The standard InChI is InChI=1S/C16H22N6O2S/c23-25(24,20-14-15-4-1-2-5-17-15)13-12-21-8-10-22(11-9-21)16-18-6-3-7-19-16/h1-7,20H,8-14H2. The predicted octanol–water partition coefficient (Wildman–Crippen LogP) is 0.113. The van der Waals surface area contributed by atoms with Crippen molar-refractivity contribution in [2.24, 2.45) is 0 Å². The lowest BCUT2D eigenvalue weighted by Gasteiger charge is -2.34. The van der Waals surface area contributed by atoms with Crippen LogP contribution in [0.5, 0.6) is 0 Å². The first-order valence-corrected chi connectivity index (χ1v) is 9.89. The highest BCUT2D eigenvalue weighted by molar-refractivity contribution is 7.89. The van der Waals surface area contributed by atoms with Crippen molar-refractivity contribution in [1.82, 2.24) is 24.6 Å². The fourth-order valence-corrected chi connectivity index (χ4v) is 3.64. The van der Waals surface area contributed by atoms with Crippen LogP contribution in [-0.2, 0) is 16.6 Å². The largest absolute Gasteiger partial charge is 0.338 e. The highest BCUT2D eigenvalue weighted by Crippen LogP contribution is 2.09. The van der Waals surface area contributed by atoms with Crippen molar-refractivity contribution in [2.45, 2.75) is 6.54 Å². The summed E-state index contributed by atoms with van der Waals surface area (Å²) in [5, 5.41) is 0. The van der Waals surface area contributed by atoms with Crippen molar-refractivity contribution in [3.8, 4) is 0 Å². The van der Waals surface area contributed by atoms with Gasteiger partial charge in [0.25, 0.3) is 0 Å². The number of sulfonamides is 1. The van der Waals surface area contributed by atoms with Crippen molar-refractivity contribution >= 4 is 16.0 Å². The topological polar surface area (TPSA) is 91.3 Å². The monoisotopic (exact) mass is 362 g/mol. The van der Waals surface area contributed by atoms with Crippen LogP contribution in [0, 0.1) is 0 Å². The quantitative estimate of drug-likeness (QED) is 0.748. The number of rotatable bonds is 7. The van der Waals surface area contributed by atoms with Crippen molar-refractivity contribution < 1.29 is 8.42 Å². The van der Waals surface area contributed by atoms with Crippen molar-refractivity contribution in [2.75, 3.05) is 43.4 Å². The molecular weight excluding hydrogens is 340 g/mol. The minimum atomic E-state index is -3.31. The highest BCUT2D eigenvalue weighted by Gasteiger charge is 2.20. The Labute approximate surface area is 148 Å². The first kappa shape index (κ1) is 17.7. The molecule has 1 aliphatic heterocycles. The molecular formula is C16H22N6O2S. The summed E-state index contributed by atoms with van der Waals surface area (Å²) in [6, 6.07) is 7.24. The molecule has 0 bridgehead atoms. The van der Waals surface area contributed by atoms with Crippen LogP contribution >= 0.6 is 0 Å². The van der Waals surface area contributed by atoms with Crippen LogP contribution in [0.2, 0.25) is 0 Å². The first-order valence-electron chi connectivity index (χ1n) is 8.24. The van der Waals surface area contributed by atoms with Crippen LogP contribution in [0.25, 0.3) is 0 Å². The zero-order chi connectivity index (χ0) is 17.5. The number of hydrogen-bond donors (Lipinski definition) is 1. The van der Waals surface area contributed by atoms with E-state index in [2.05, 4.69) is 29.5 Å². The zero-order valence-electron chi connectivity index (χ0n) is 14.0. The van der Waals surface area contributed by atoms with Gasteiger partial charge < -0.3 is 4.90 Å². The molecule has 1 N–H and O–H groups in total. The average molecular weight is 362 g/mol. The van der Waals surface area contributed by atoms with Gasteiger partial charge in [-0.2, -0.15) is 0 Å². The van der Waals surface area contributed by atoms with Crippen molar-refractivity contribution in [3.05, 3.63) is 48.5 Å². The number of hydrogen-bond acceptors (Lipinski definition) is 7. The lowest BCUT2D eigenvalue weighted by molar-refractivity contribution is 0.270. The number of nitrogens with zero attached hydrogens (tertiary/aromatic N) is 5. The first-order chi connectivity index (χ1) is 12.1. The van der Waals surface area contributed by atoms with Crippen LogP contribution in [0.1, 0.15) is 5.69 Å². The van der Waals surface area contributed by atoms with Gasteiger partial charge >= 0.3 is 0 Å². The lowest BCUT2D eigenvalue weighted by atomic mass is 10.3. The van der Waals surface area contributed by atoms with E-state index >= 15 is 0 Å². The molecule has 0 amide bonds. The Morgan fingerprint density at radius 3 is 2.36 bits per heavy atom. The van der Waals surface area contributed by atoms with E-state index in [4.69, 9.17) is 0 Å². The van der Waals surface area contributed by atoms with Crippen molar-refractivity contribution in [1.29, 1.82) is 0 Å². The van der Waals surface area contributed by atoms with E-state index in [0.29, 0.717) is 12.2 Å². The molecule has 1 saturated heterocycles. The highest BCUT2D eigenvalue weighted by atomic mass is 32.2. The maximum Gasteiger partial charge on any atom is 0.225 e. The van der Waals surface area contributed by atoms with E-state index in [9.17, 15) is 8.42 Å². The predicted molar refractivity (Wildman–Crippen MR) is 95.5 cm³/mol. The van der Waals surface area contributed by atoms with Gasteiger partial charge in [-0.25, -0.2) is 23.1 Å². The summed E-state index contributed by atoms with van der Waals surface area (Å²) >= 11 is 0. The van der Waals surface area contributed by atoms with E-state index < -0.39 is 10.0 Å². The Kier molecular flexibility index (Phi) is 5.90.